The highest BCUT2D eigenvalue weighted by Gasteiger charge is 2.31. The van der Waals surface area contributed by atoms with Crippen LogP contribution in [0.2, 0.25) is 0 Å². The van der Waals surface area contributed by atoms with E-state index in [1.807, 2.05) is 76.2 Å². The molecule has 170 valence electrons. The highest BCUT2D eigenvalue weighted by atomic mass is 16.6. The van der Waals surface area contributed by atoms with Gasteiger partial charge in [0.2, 0.25) is 0 Å². The Morgan fingerprint density at radius 1 is 1.00 bits per heavy atom. The fourth-order valence-electron chi connectivity index (χ4n) is 3.85. The van der Waals surface area contributed by atoms with Crippen molar-refractivity contribution in [3.8, 4) is 11.5 Å². The number of rotatable bonds is 7. The Bertz CT molecular complexity index is 1000. The van der Waals surface area contributed by atoms with Crippen molar-refractivity contribution in [3.63, 3.8) is 0 Å². The van der Waals surface area contributed by atoms with Crippen molar-refractivity contribution in [1.82, 2.24) is 4.90 Å². The van der Waals surface area contributed by atoms with Crippen LogP contribution in [-0.2, 0) is 16.0 Å². The number of esters is 1. The molecule has 1 atom stereocenters. The van der Waals surface area contributed by atoms with Crippen LogP contribution in [0.4, 0.5) is 0 Å². The molecular formula is C27H33NO4. The van der Waals surface area contributed by atoms with E-state index in [1.165, 1.54) is 0 Å². The Morgan fingerprint density at radius 3 is 2.31 bits per heavy atom. The standard InChI is InChI=1S/C27H33NO4/c1-19-25(26(29)32-27(2,3)4)22(21-10-8-7-9-11-21)15-17-28(19)16-14-20-12-13-23(30-5)24(18-20)31-6/h7-13,15,17-18,22H,14,16H2,1-6H3/t22-/m0/s1. The maximum atomic E-state index is 13.2. The maximum Gasteiger partial charge on any atom is 0.337 e. The molecule has 0 spiro atoms. The molecule has 1 heterocycles. The average molecular weight is 436 g/mol. The molecule has 0 radical (unpaired) electrons. The van der Waals surface area contributed by atoms with E-state index in [1.54, 1.807) is 14.2 Å². The summed E-state index contributed by atoms with van der Waals surface area (Å²) in [5, 5.41) is 0. The quantitative estimate of drug-likeness (QED) is 0.540. The maximum absolute atomic E-state index is 13.2. The molecule has 3 rings (SSSR count). The third kappa shape index (κ3) is 5.52. The van der Waals surface area contributed by atoms with Crippen molar-refractivity contribution in [1.29, 1.82) is 0 Å². The second-order valence-corrected chi connectivity index (χ2v) is 8.86. The molecule has 2 aromatic rings. The smallest absolute Gasteiger partial charge is 0.337 e. The SMILES string of the molecule is COc1ccc(CCN2C=C[C@@H](c3ccccc3)C(C(=O)OC(C)(C)C)=C2C)cc1OC. The summed E-state index contributed by atoms with van der Waals surface area (Å²) in [6, 6.07) is 16.0. The summed E-state index contributed by atoms with van der Waals surface area (Å²) in [5.74, 6) is 1.01. The summed E-state index contributed by atoms with van der Waals surface area (Å²) in [5.41, 5.74) is 3.24. The Kier molecular flexibility index (Phi) is 7.29. The summed E-state index contributed by atoms with van der Waals surface area (Å²) in [7, 11) is 3.27. The molecule has 0 amide bonds. The number of methoxy groups -OCH3 is 2. The van der Waals surface area contributed by atoms with Crippen LogP contribution in [0.15, 0.2) is 72.1 Å². The number of benzene rings is 2. The van der Waals surface area contributed by atoms with Crippen LogP contribution in [0.5, 0.6) is 11.5 Å². The van der Waals surface area contributed by atoms with Crippen molar-refractivity contribution < 1.29 is 19.0 Å². The van der Waals surface area contributed by atoms with Crippen molar-refractivity contribution in [2.24, 2.45) is 0 Å². The van der Waals surface area contributed by atoms with Gasteiger partial charge in [0.1, 0.15) is 5.60 Å². The van der Waals surface area contributed by atoms with Gasteiger partial charge in [-0.05, 0) is 57.4 Å². The largest absolute Gasteiger partial charge is 0.493 e. The first-order valence-corrected chi connectivity index (χ1v) is 10.9. The molecule has 0 N–H and O–H groups in total. The Balaban J connectivity index is 1.86. The molecule has 1 aliphatic heterocycles. The Morgan fingerprint density at radius 2 is 1.69 bits per heavy atom. The van der Waals surface area contributed by atoms with Gasteiger partial charge in [-0.15, -0.1) is 0 Å². The van der Waals surface area contributed by atoms with Gasteiger partial charge in [0.05, 0.1) is 19.8 Å². The van der Waals surface area contributed by atoms with Crippen LogP contribution in [0.3, 0.4) is 0 Å². The molecule has 0 aromatic heterocycles. The Hall–Kier alpha value is -3.21. The first-order chi connectivity index (χ1) is 15.2. The third-order valence-electron chi connectivity index (χ3n) is 5.46. The number of carbonyl (C=O) groups is 1. The monoisotopic (exact) mass is 435 g/mol. The molecule has 2 aromatic carbocycles. The molecule has 5 heteroatoms. The van der Waals surface area contributed by atoms with Crippen LogP contribution < -0.4 is 9.47 Å². The van der Waals surface area contributed by atoms with Crippen LogP contribution in [0.25, 0.3) is 0 Å². The van der Waals surface area contributed by atoms with E-state index >= 15 is 0 Å². The lowest BCUT2D eigenvalue weighted by Crippen LogP contribution is -2.32. The van der Waals surface area contributed by atoms with Crippen molar-refractivity contribution in [3.05, 3.63) is 83.2 Å². The van der Waals surface area contributed by atoms with E-state index in [-0.39, 0.29) is 11.9 Å². The molecule has 0 saturated carbocycles. The molecule has 1 aliphatic rings. The normalized spacial score (nSPS) is 16.2. The number of allylic oxidation sites excluding steroid dienone is 2. The zero-order valence-electron chi connectivity index (χ0n) is 19.8. The van der Waals surface area contributed by atoms with Gasteiger partial charge >= 0.3 is 5.97 Å². The van der Waals surface area contributed by atoms with Gasteiger partial charge < -0.3 is 19.1 Å². The number of ether oxygens (including phenoxy) is 3. The first kappa shape index (κ1) is 23.5. The van der Waals surface area contributed by atoms with Crippen LogP contribution in [0, 0.1) is 0 Å². The van der Waals surface area contributed by atoms with Gasteiger partial charge in [0, 0.05) is 24.4 Å². The predicted octanol–water partition coefficient (Wildman–Crippen LogP) is 5.48. The highest BCUT2D eigenvalue weighted by molar-refractivity contribution is 5.92. The van der Waals surface area contributed by atoms with Gasteiger partial charge in [0.15, 0.2) is 11.5 Å². The Labute approximate surface area is 191 Å². The number of carbonyl (C=O) groups excluding carboxylic acids is 1. The number of nitrogens with zero attached hydrogens (tertiary/aromatic N) is 1. The molecule has 0 fully saturated rings. The van der Waals surface area contributed by atoms with Gasteiger partial charge in [0.25, 0.3) is 0 Å². The molecule has 0 unspecified atom stereocenters. The van der Waals surface area contributed by atoms with Crippen molar-refractivity contribution in [2.75, 3.05) is 20.8 Å². The van der Waals surface area contributed by atoms with Gasteiger partial charge in [-0.1, -0.05) is 42.5 Å². The number of hydrogen-bond donors (Lipinski definition) is 0. The molecule has 32 heavy (non-hydrogen) atoms. The van der Waals surface area contributed by atoms with E-state index < -0.39 is 5.60 Å². The summed E-state index contributed by atoms with van der Waals surface area (Å²) < 4.78 is 16.5. The van der Waals surface area contributed by atoms with Crippen LogP contribution in [0.1, 0.15) is 44.7 Å². The van der Waals surface area contributed by atoms with E-state index in [4.69, 9.17) is 14.2 Å². The van der Waals surface area contributed by atoms with E-state index in [0.29, 0.717) is 17.1 Å². The fourth-order valence-corrected chi connectivity index (χ4v) is 3.85. The first-order valence-electron chi connectivity index (χ1n) is 10.9. The van der Waals surface area contributed by atoms with Gasteiger partial charge in [-0.25, -0.2) is 4.79 Å². The fraction of sp³-hybridized carbons (Fsp3) is 0.370. The summed E-state index contributed by atoms with van der Waals surface area (Å²) in [4.78, 5) is 15.3. The summed E-state index contributed by atoms with van der Waals surface area (Å²) in [6.07, 6.45) is 4.94. The summed E-state index contributed by atoms with van der Waals surface area (Å²) >= 11 is 0. The van der Waals surface area contributed by atoms with Crippen LogP contribution in [-0.4, -0.2) is 37.2 Å². The lowest BCUT2D eigenvalue weighted by molar-refractivity contribution is -0.150. The minimum absolute atomic E-state index is 0.136. The van der Waals surface area contributed by atoms with Crippen molar-refractivity contribution in [2.45, 2.75) is 45.6 Å². The molecule has 0 saturated heterocycles. The van der Waals surface area contributed by atoms with E-state index in [2.05, 4.69) is 17.2 Å². The van der Waals surface area contributed by atoms with Gasteiger partial charge in [-0.3, -0.25) is 0 Å². The number of hydrogen-bond acceptors (Lipinski definition) is 5. The van der Waals surface area contributed by atoms with E-state index in [9.17, 15) is 4.79 Å². The lowest BCUT2D eigenvalue weighted by atomic mass is 9.87. The molecule has 0 aliphatic carbocycles. The second-order valence-electron chi connectivity index (χ2n) is 8.86. The van der Waals surface area contributed by atoms with Crippen molar-refractivity contribution >= 4 is 5.97 Å². The zero-order chi connectivity index (χ0) is 23.3. The lowest BCUT2D eigenvalue weighted by Gasteiger charge is -2.32. The predicted molar refractivity (Wildman–Crippen MR) is 127 cm³/mol. The second kappa shape index (κ2) is 9.94. The highest BCUT2D eigenvalue weighted by Crippen LogP contribution is 2.35. The average Bonchev–Trinajstić information content (AvgIpc) is 2.77. The van der Waals surface area contributed by atoms with E-state index in [0.717, 1.165) is 29.8 Å². The topological polar surface area (TPSA) is 48.0 Å². The minimum atomic E-state index is -0.558. The minimum Gasteiger partial charge on any atom is -0.493 e. The zero-order valence-corrected chi connectivity index (χ0v) is 19.8. The molecular weight excluding hydrogens is 402 g/mol. The summed E-state index contributed by atoms with van der Waals surface area (Å²) in [6.45, 7) is 8.41. The van der Waals surface area contributed by atoms with Crippen LogP contribution >= 0.6 is 0 Å². The molecule has 5 nitrogen and oxygen atoms in total. The van der Waals surface area contributed by atoms with Gasteiger partial charge in [-0.2, -0.15) is 0 Å². The third-order valence-corrected chi connectivity index (χ3v) is 5.46. The molecule has 0 bridgehead atoms.